The molecule has 7 nitrogen and oxygen atoms in total. The highest BCUT2D eigenvalue weighted by Crippen LogP contribution is 2.31. The zero-order valence-corrected chi connectivity index (χ0v) is 15.9. The van der Waals surface area contributed by atoms with Crippen molar-refractivity contribution in [2.24, 2.45) is 7.05 Å². The summed E-state index contributed by atoms with van der Waals surface area (Å²) in [5.41, 5.74) is 0.460. The molecule has 0 aliphatic rings. The van der Waals surface area contributed by atoms with Crippen LogP contribution in [-0.2, 0) is 13.2 Å². The smallest absolute Gasteiger partial charge is 0.332 e. The molecule has 2 heterocycles. The first-order valence-electron chi connectivity index (χ1n) is 8.89. The summed E-state index contributed by atoms with van der Waals surface area (Å²) in [6, 6.07) is 8.07. The fourth-order valence-electron chi connectivity index (χ4n) is 2.93. The number of hydrogen-bond donors (Lipinski definition) is 1. The van der Waals surface area contributed by atoms with Gasteiger partial charge in [0.2, 0.25) is 0 Å². The maximum absolute atomic E-state index is 13.6. The molecular weight excluding hydrogens is 416 g/mol. The Morgan fingerprint density at radius 2 is 1.94 bits per heavy atom. The van der Waals surface area contributed by atoms with E-state index in [0.717, 1.165) is 11.8 Å². The Morgan fingerprint density at radius 3 is 2.65 bits per heavy atom. The minimum atomic E-state index is -4.74. The number of nitrogens with one attached hydrogen (secondary N) is 1. The Kier molecular flexibility index (Phi) is 5.01. The fourth-order valence-corrected chi connectivity index (χ4v) is 2.93. The van der Waals surface area contributed by atoms with Crippen molar-refractivity contribution in [3.8, 4) is 17.1 Å². The molecule has 0 bridgehead atoms. The predicted octanol–water partition coefficient (Wildman–Crippen LogP) is 4.08. The standard InChI is InChI=1S/C20H14F4N6O/c1-29-11-25-9-18(29)17-10-30(28-27-17)16-4-2-3-12(5-16)19(31)26-15-7-13(20(22,23)24)6-14(21)8-15/h2-11H,1H3,(H,26,31). The van der Waals surface area contributed by atoms with Crippen LogP contribution in [0, 0.1) is 5.82 Å². The number of nitrogens with zero attached hydrogens (tertiary/aromatic N) is 5. The summed E-state index contributed by atoms with van der Waals surface area (Å²) in [6.07, 6.45) is 0.165. The maximum atomic E-state index is 13.6. The molecule has 0 radical (unpaired) electrons. The number of halogens is 4. The van der Waals surface area contributed by atoms with Gasteiger partial charge in [0.25, 0.3) is 5.91 Å². The van der Waals surface area contributed by atoms with Crippen LogP contribution in [-0.4, -0.2) is 30.5 Å². The van der Waals surface area contributed by atoms with E-state index in [1.807, 2.05) is 7.05 Å². The van der Waals surface area contributed by atoms with Gasteiger partial charge in [0.1, 0.15) is 11.5 Å². The Bertz CT molecular complexity index is 1260. The number of aromatic nitrogens is 5. The fraction of sp³-hybridized carbons (Fsp3) is 0.100. The third-order valence-electron chi connectivity index (χ3n) is 4.43. The Hall–Kier alpha value is -4.02. The highest BCUT2D eigenvalue weighted by Gasteiger charge is 2.31. The summed E-state index contributed by atoms with van der Waals surface area (Å²) in [7, 11) is 1.81. The zero-order valence-electron chi connectivity index (χ0n) is 15.9. The third-order valence-corrected chi connectivity index (χ3v) is 4.43. The van der Waals surface area contributed by atoms with Crippen molar-refractivity contribution in [3.05, 3.63) is 78.1 Å². The topological polar surface area (TPSA) is 77.6 Å². The molecular formula is C20H14F4N6O. The van der Waals surface area contributed by atoms with Crippen molar-refractivity contribution in [1.82, 2.24) is 24.5 Å². The summed E-state index contributed by atoms with van der Waals surface area (Å²) in [5, 5.41) is 10.4. The minimum absolute atomic E-state index is 0.146. The van der Waals surface area contributed by atoms with Crippen LogP contribution in [0.4, 0.5) is 23.2 Å². The van der Waals surface area contributed by atoms with Crippen molar-refractivity contribution in [2.75, 3.05) is 5.32 Å². The number of benzene rings is 2. The van der Waals surface area contributed by atoms with Crippen LogP contribution < -0.4 is 5.32 Å². The number of amides is 1. The van der Waals surface area contributed by atoms with E-state index < -0.39 is 23.5 Å². The van der Waals surface area contributed by atoms with Crippen molar-refractivity contribution in [1.29, 1.82) is 0 Å². The van der Waals surface area contributed by atoms with E-state index in [0.29, 0.717) is 23.5 Å². The molecule has 4 aromatic rings. The highest BCUT2D eigenvalue weighted by atomic mass is 19.4. The summed E-state index contributed by atoms with van der Waals surface area (Å²) < 4.78 is 55.4. The van der Waals surface area contributed by atoms with Crippen LogP contribution in [0.15, 0.2) is 61.2 Å². The van der Waals surface area contributed by atoms with Crippen molar-refractivity contribution in [3.63, 3.8) is 0 Å². The molecule has 4 rings (SSSR count). The third kappa shape index (κ3) is 4.29. The van der Waals surface area contributed by atoms with Gasteiger partial charge in [0, 0.05) is 18.3 Å². The first-order chi connectivity index (χ1) is 14.7. The number of rotatable bonds is 4. The number of hydrogen-bond acceptors (Lipinski definition) is 4. The van der Waals surface area contributed by atoms with E-state index >= 15 is 0 Å². The van der Waals surface area contributed by atoms with E-state index in [1.165, 1.54) is 16.8 Å². The van der Waals surface area contributed by atoms with Gasteiger partial charge in [0.05, 0.1) is 35.7 Å². The van der Waals surface area contributed by atoms with E-state index in [-0.39, 0.29) is 11.3 Å². The lowest BCUT2D eigenvalue weighted by atomic mass is 10.1. The monoisotopic (exact) mass is 430 g/mol. The van der Waals surface area contributed by atoms with Gasteiger partial charge in [-0.15, -0.1) is 5.10 Å². The largest absolute Gasteiger partial charge is 0.416 e. The molecule has 158 valence electrons. The van der Waals surface area contributed by atoms with Crippen LogP contribution in [0.1, 0.15) is 15.9 Å². The lowest BCUT2D eigenvalue weighted by Gasteiger charge is -2.11. The van der Waals surface area contributed by atoms with Crippen LogP contribution in [0.3, 0.4) is 0 Å². The number of alkyl halides is 3. The Morgan fingerprint density at radius 1 is 1.13 bits per heavy atom. The van der Waals surface area contributed by atoms with Gasteiger partial charge in [0.15, 0.2) is 0 Å². The van der Waals surface area contributed by atoms with Gasteiger partial charge in [-0.25, -0.2) is 14.1 Å². The van der Waals surface area contributed by atoms with Crippen LogP contribution in [0.2, 0.25) is 0 Å². The number of anilines is 1. The first kappa shape index (κ1) is 20.3. The number of carbonyl (C=O) groups excluding carboxylic acids is 1. The minimum Gasteiger partial charge on any atom is -0.332 e. The molecule has 0 aliphatic carbocycles. The number of carbonyl (C=O) groups is 1. The van der Waals surface area contributed by atoms with Gasteiger partial charge in [-0.05, 0) is 36.4 Å². The first-order valence-corrected chi connectivity index (χ1v) is 8.89. The average molecular weight is 430 g/mol. The zero-order chi connectivity index (χ0) is 22.2. The highest BCUT2D eigenvalue weighted by molar-refractivity contribution is 6.04. The summed E-state index contributed by atoms with van der Waals surface area (Å²) in [5.74, 6) is -1.81. The molecule has 1 N–H and O–H groups in total. The van der Waals surface area contributed by atoms with Gasteiger partial charge in [-0.2, -0.15) is 13.2 Å². The molecule has 31 heavy (non-hydrogen) atoms. The molecule has 0 atom stereocenters. The summed E-state index contributed by atoms with van der Waals surface area (Å²) in [4.78, 5) is 16.6. The quantitative estimate of drug-likeness (QED) is 0.495. The number of aryl methyl sites for hydroxylation is 1. The van der Waals surface area contributed by atoms with E-state index in [4.69, 9.17) is 0 Å². The molecule has 0 aliphatic heterocycles. The molecule has 1 amide bonds. The Balaban J connectivity index is 1.58. The van der Waals surface area contributed by atoms with Crippen molar-refractivity contribution >= 4 is 11.6 Å². The molecule has 11 heteroatoms. The van der Waals surface area contributed by atoms with E-state index in [1.54, 1.807) is 35.4 Å². The van der Waals surface area contributed by atoms with Gasteiger partial charge in [-0.3, -0.25) is 4.79 Å². The molecule has 2 aromatic carbocycles. The summed E-state index contributed by atoms with van der Waals surface area (Å²) in [6.45, 7) is 0. The summed E-state index contributed by atoms with van der Waals surface area (Å²) >= 11 is 0. The van der Waals surface area contributed by atoms with Crippen LogP contribution in [0.5, 0.6) is 0 Å². The molecule has 0 unspecified atom stereocenters. The predicted molar refractivity (Wildman–Crippen MR) is 103 cm³/mol. The van der Waals surface area contributed by atoms with Crippen LogP contribution >= 0.6 is 0 Å². The van der Waals surface area contributed by atoms with Crippen LogP contribution in [0.25, 0.3) is 17.1 Å². The Labute approximate surface area is 173 Å². The van der Waals surface area contributed by atoms with Gasteiger partial charge < -0.3 is 9.88 Å². The molecule has 0 saturated carbocycles. The second kappa shape index (κ2) is 7.67. The van der Waals surface area contributed by atoms with Crippen molar-refractivity contribution < 1.29 is 22.4 Å². The van der Waals surface area contributed by atoms with Gasteiger partial charge in [-0.1, -0.05) is 11.3 Å². The van der Waals surface area contributed by atoms with Crippen molar-refractivity contribution in [2.45, 2.75) is 6.18 Å². The van der Waals surface area contributed by atoms with Gasteiger partial charge >= 0.3 is 6.18 Å². The second-order valence-electron chi connectivity index (χ2n) is 6.67. The molecule has 0 spiro atoms. The lowest BCUT2D eigenvalue weighted by Crippen LogP contribution is -2.14. The van der Waals surface area contributed by atoms with E-state index in [2.05, 4.69) is 20.6 Å². The lowest BCUT2D eigenvalue weighted by molar-refractivity contribution is -0.137. The molecule has 0 fully saturated rings. The van der Waals surface area contributed by atoms with E-state index in [9.17, 15) is 22.4 Å². The average Bonchev–Trinajstić information content (AvgIpc) is 3.36. The second-order valence-corrected chi connectivity index (χ2v) is 6.67. The number of imidazole rings is 1. The molecule has 2 aromatic heterocycles. The normalized spacial score (nSPS) is 11.5. The molecule has 0 saturated heterocycles. The SMILES string of the molecule is Cn1cncc1-c1cn(-c2cccc(C(=O)Nc3cc(F)cc(C(F)(F)F)c3)c2)nn1. The maximum Gasteiger partial charge on any atom is 0.416 e.